The van der Waals surface area contributed by atoms with E-state index in [-0.39, 0.29) is 0 Å². The third-order valence-corrected chi connectivity index (χ3v) is 6.11. The summed E-state index contributed by atoms with van der Waals surface area (Å²) in [7, 11) is -1.87. The zero-order valence-electron chi connectivity index (χ0n) is 15.3. The number of hydrogen-bond donors (Lipinski definition) is 2. The highest BCUT2D eigenvalue weighted by Gasteiger charge is 2.15. The molecule has 2 aromatic carbocycles. The van der Waals surface area contributed by atoms with E-state index in [2.05, 4.69) is 9.71 Å². The molecule has 6 heteroatoms. The molecule has 1 heterocycles. The van der Waals surface area contributed by atoms with Crippen molar-refractivity contribution < 1.29 is 13.2 Å². The molecule has 2 N–H and O–H groups in total. The summed E-state index contributed by atoms with van der Waals surface area (Å²) in [5, 5.41) is 1.06. The number of hydrogen-bond acceptors (Lipinski definition) is 3. The molecule has 0 aliphatic rings. The maximum atomic E-state index is 12.5. The molecule has 0 unspecified atom stereocenters. The van der Waals surface area contributed by atoms with Gasteiger partial charge in [-0.25, -0.2) is 13.1 Å². The summed E-state index contributed by atoms with van der Waals surface area (Å²) in [6.07, 6.45) is 1.49. The van der Waals surface area contributed by atoms with Crippen LogP contribution in [0, 0.1) is 6.92 Å². The Balaban J connectivity index is 1.74. The Morgan fingerprint density at radius 2 is 1.85 bits per heavy atom. The minimum atomic E-state index is -3.50. The van der Waals surface area contributed by atoms with Gasteiger partial charge in [-0.15, -0.1) is 0 Å². The molecule has 0 aliphatic carbocycles. The molecule has 0 saturated carbocycles. The molecular formula is C20H24N2O3S. The van der Waals surface area contributed by atoms with E-state index >= 15 is 0 Å². The van der Waals surface area contributed by atoms with Crippen LogP contribution in [0.15, 0.2) is 47.4 Å². The van der Waals surface area contributed by atoms with Crippen molar-refractivity contribution in [2.45, 2.75) is 31.6 Å². The molecule has 3 aromatic rings. The first-order valence-corrected chi connectivity index (χ1v) is 10.2. The predicted molar refractivity (Wildman–Crippen MR) is 104 cm³/mol. The number of benzene rings is 2. The van der Waals surface area contributed by atoms with E-state index in [1.165, 1.54) is 0 Å². The fourth-order valence-corrected chi connectivity index (χ4v) is 4.14. The molecule has 3 rings (SSSR count). The lowest BCUT2D eigenvalue weighted by molar-refractivity contribution is 0.415. The van der Waals surface area contributed by atoms with Crippen molar-refractivity contribution in [3.63, 3.8) is 0 Å². The molecule has 0 radical (unpaired) electrons. The van der Waals surface area contributed by atoms with Crippen LogP contribution >= 0.6 is 0 Å². The second-order valence-corrected chi connectivity index (χ2v) is 8.05. The van der Waals surface area contributed by atoms with Crippen molar-refractivity contribution >= 4 is 20.9 Å². The molecule has 5 nitrogen and oxygen atoms in total. The fourth-order valence-electron chi connectivity index (χ4n) is 3.11. The summed E-state index contributed by atoms with van der Waals surface area (Å²) in [6.45, 7) is 4.38. The van der Waals surface area contributed by atoms with Gasteiger partial charge in [-0.3, -0.25) is 0 Å². The maximum absolute atomic E-state index is 12.5. The average Bonchev–Trinajstić information content (AvgIpc) is 2.96. The van der Waals surface area contributed by atoms with Gasteiger partial charge in [-0.2, -0.15) is 0 Å². The lowest BCUT2D eigenvalue weighted by Crippen LogP contribution is -2.26. The maximum Gasteiger partial charge on any atom is 0.240 e. The van der Waals surface area contributed by atoms with Gasteiger partial charge in [-0.1, -0.05) is 19.1 Å². The minimum Gasteiger partial charge on any atom is -0.497 e. The van der Waals surface area contributed by atoms with Gasteiger partial charge in [0.15, 0.2) is 0 Å². The number of fused-ring (bicyclic) bond motifs is 1. The first kappa shape index (κ1) is 18.5. The summed E-state index contributed by atoms with van der Waals surface area (Å²) >= 11 is 0. The highest BCUT2D eigenvalue weighted by Crippen LogP contribution is 2.26. The lowest BCUT2D eigenvalue weighted by atomic mass is 10.1. The normalized spacial score (nSPS) is 11.8. The van der Waals surface area contributed by atoms with E-state index in [1.54, 1.807) is 19.2 Å². The molecule has 0 amide bonds. The number of rotatable bonds is 7. The Hall–Kier alpha value is -2.31. The summed E-state index contributed by atoms with van der Waals surface area (Å²) in [4.78, 5) is 3.64. The van der Waals surface area contributed by atoms with E-state index in [0.717, 1.165) is 39.9 Å². The van der Waals surface area contributed by atoms with Gasteiger partial charge in [-0.05, 0) is 61.2 Å². The van der Waals surface area contributed by atoms with Crippen molar-refractivity contribution in [2.24, 2.45) is 0 Å². The van der Waals surface area contributed by atoms with Crippen molar-refractivity contribution in [1.82, 2.24) is 9.71 Å². The van der Waals surface area contributed by atoms with E-state index in [1.807, 2.05) is 44.2 Å². The van der Waals surface area contributed by atoms with Gasteiger partial charge >= 0.3 is 0 Å². The molecule has 0 bridgehead atoms. The Bertz CT molecular complexity index is 1010. The summed E-state index contributed by atoms with van der Waals surface area (Å²) < 4.78 is 32.9. The zero-order chi connectivity index (χ0) is 18.7. The quantitative estimate of drug-likeness (QED) is 0.666. The molecule has 0 saturated heterocycles. The van der Waals surface area contributed by atoms with Crippen LogP contribution in [-0.2, 0) is 22.9 Å². The van der Waals surface area contributed by atoms with E-state index in [4.69, 9.17) is 4.74 Å². The van der Waals surface area contributed by atoms with Crippen molar-refractivity contribution in [2.75, 3.05) is 13.7 Å². The number of ether oxygens (including phenoxy) is 1. The average molecular weight is 372 g/mol. The molecule has 0 atom stereocenters. The topological polar surface area (TPSA) is 71.2 Å². The highest BCUT2D eigenvalue weighted by atomic mass is 32.2. The first-order valence-electron chi connectivity index (χ1n) is 8.68. The van der Waals surface area contributed by atoms with Crippen LogP contribution in [0.2, 0.25) is 0 Å². The van der Waals surface area contributed by atoms with Gasteiger partial charge in [0.25, 0.3) is 0 Å². The second-order valence-electron chi connectivity index (χ2n) is 6.29. The Labute approximate surface area is 154 Å². The third-order valence-electron chi connectivity index (χ3n) is 4.64. The number of aryl methyl sites for hydroxylation is 2. The number of H-pyrrole nitrogens is 1. The third kappa shape index (κ3) is 3.76. The van der Waals surface area contributed by atoms with Crippen molar-refractivity contribution in [3.8, 4) is 5.75 Å². The van der Waals surface area contributed by atoms with Gasteiger partial charge in [0.2, 0.25) is 10.0 Å². The van der Waals surface area contributed by atoms with Crippen LogP contribution in [-0.4, -0.2) is 27.1 Å². The first-order chi connectivity index (χ1) is 12.4. The smallest absolute Gasteiger partial charge is 0.240 e. The van der Waals surface area contributed by atoms with E-state index in [0.29, 0.717) is 17.9 Å². The molecule has 138 valence electrons. The van der Waals surface area contributed by atoms with Crippen molar-refractivity contribution in [3.05, 3.63) is 59.3 Å². The fraction of sp³-hybridized carbons (Fsp3) is 0.300. The Morgan fingerprint density at radius 1 is 1.12 bits per heavy atom. The molecule has 0 spiro atoms. The standard InChI is InChI=1S/C20H24N2O3S/c1-4-15-5-8-17(9-6-15)26(23,24)21-12-11-18-14(2)22-20-10-7-16(25-3)13-19(18)20/h5-10,13,21-22H,4,11-12H2,1-3H3. The zero-order valence-corrected chi connectivity index (χ0v) is 16.1. The van der Waals surface area contributed by atoms with Crippen LogP contribution < -0.4 is 9.46 Å². The molecular weight excluding hydrogens is 348 g/mol. The predicted octanol–water partition coefficient (Wildman–Crippen LogP) is 3.57. The van der Waals surface area contributed by atoms with Crippen LogP contribution in [0.5, 0.6) is 5.75 Å². The van der Waals surface area contributed by atoms with E-state index in [9.17, 15) is 8.42 Å². The minimum absolute atomic E-state index is 0.298. The van der Waals surface area contributed by atoms with Crippen LogP contribution in [0.4, 0.5) is 0 Å². The molecule has 0 aliphatic heterocycles. The van der Waals surface area contributed by atoms with Gasteiger partial charge < -0.3 is 9.72 Å². The van der Waals surface area contributed by atoms with Gasteiger partial charge in [0.1, 0.15) is 5.75 Å². The van der Waals surface area contributed by atoms with Gasteiger partial charge in [0.05, 0.1) is 12.0 Å². The summed E-state index contributed by atoms with van der Waals surface area (Å²) in [5.41, 5.74) is 4.28. The SMILES string of the molecule is CCc1ccc(S(=O)(=O)NCCc2c(C)[nH]c3ccc(OC)cc23)cc1. The van der Waals surface area contributed by atoms with E-state index < -0.39 is 10.0 Å². The highest BCUT2D eigenvalue weighted by molar-refractivity contribution is 7.89. The second kappa shape index (κ2) is 7.51. The van der Waals surface area contributed by atoms with Gasteiger partial charge in [0, 0.05) is 23.1 Å². The summed E-state index contributed by atoms with van der Waals surface area (Å²) in [6, 6.07) is 12.9. The molecule has 26 heavy (non-hydrogen) atoms. The Kier molecular flexibility index (Phi) is 5.34. The molecule has 0 fully saturated rings. The Morgan fingerprint density at radius 3 is 2.50 bits per heavy atom. The van der Waals surface area contributed by atoms with Crippen LogP contribution in [0.1, 0.15) is 23.7 Å². The largest absolute Gasteiger partial charge is 0.497 e. The number of sulfonamides is 1. The number of nitrogens with one attached hydrogen (secondary N) is 2. The van der Waals surface area contributed by atoms with Crippen molar-refractivity contribution in [1.29, 1.82) is 0 Å². The summed E-state index contributed by atoms with van der Waals surface area (Å²) in [5.74, 6) is 0.786. The van der Waals surface area contributed by atoms with Crippen LogP contribution in [0.25, 0.3) is 10.9 Å². The number of aromatic amines is 1. The lowest BCUT2D eigenvalue weighted by Gasteiger charge is -2.08. The monoisotopic (exact) mass is 372 g/mol. The van der Waals surface area contributed by atoms with Crippen LogP contribution in [0.3, 0.4) is 0 Å². The molecule has 1 aromatic heterocycles. The number of aromatic nitrogens is 1. The number of methoxy groups -OCH3 is 1.